The highest BCUT2D eigenvalue weighted by molar-refractivity contribution is 5.31. The molecule has 1 aromatic rings. The number of unbranched alkanes of at least 4 members (excludes halogenated alkanes) is 3. The Labute approximate surface area is 77.5 Å². The Hall–Kier alpha value is -1.06. The molecule has 0 aliphatic rings. The van der Waals surface area contributed by atoms with Gasteiger partial charge in [-0.25, -0.2) is 4.39 Å². The van der Waals surface area contributed by atoms with E-state index in [0.29, 0.717) is 12.1 Å². The lowest BCUT2D eigenvalue weighted by Crippen LogP contribution is -1.91. The van der Waals surface area contributed by atoms with Crippen LogP contribution in [0, 0.1) is 5.82 Å². The molecule has 0 saturated carbocycles. The van der Waals surface area contributed by atoms with Crippen molar-refractivity contribution in [3.8, 4) is 0 Å². The average Bonchev–Trinajstić information content (AvgIpc) is 2.43. The summed E-state index contributed by atoms with van der Waals surface area (Å²) >= 11 is 0. The van der Waals surface area contributed by atoms with Crippen LogP contribution in [0.3, 0.4) is 0 Å². The molecule has 3 N–H and O–H groups in total. The second kappa shape index (κ2) is 4.84. The lowest BCUT2D eigenvalue weighted by molar-refractivity contribution is 0.595. The third kappa shape index (κ3) is 2.72. The summed E-state index contributed by atoms with van der Waals surface area (Å²) in [7, 11) is 0. The highest BCUT2D eigenvalue weighted by Crippen LogP contribution is 2.13. The summed E-state index contributed by atoms with van der Waals surface area (Å²) in [6, 6.07) is 0. The molecule has 0 aliphatic carbocycles. The first kappa shape index (κ1) is 10.0. The maximum atomic E-state index is 13.1. The highest BCUT2D eigenvalue weighted by atomic mass is 19.1. The summed E-state index contributed by atoms with van der Waals surface area (Å²) in [4.78, 5) is 0. The second-order valence-corrected chi connectivity index (χ2v) is 3.21. The number of aryl methyl sites for hydroxylation is 1. The standard InChI is InChI=1S/C9H16FN3/c1-2-3-4-5-6-7-8(10)9(11)13-12-7/h2-6H2,1H3,(H3,11,12,13). The number of H-pyrrole nitrogens is 1. The van der Waals surface area contributed by atoms with Gasteiger partial charge in [-0.1, -0.05) is 26.2 Å². The monoisotopic (exact) mass is 185 g/mol. The summed E-state index contributed by atoms with van der Waals surface area (Å²) in [6.45, 7) is 2.15. The molecule has 0 atom stereocenters. The van der Waals surface area contributed by atoms with Crippen molar-refractivity contribution in [2.24, 2.45) is 0 Å². The predicted octanol–water partition coefficient (Wildman–Crippen LogP) is 2.25. The lowest BCUT2D eigenvalue weighted by Gasteiger charge is -1.97. The molecule has 0 fully saturated rings. The van der Waals surface area contributed by atoms with Crippen LogP contribution in [-0.4, -0.2) is 10.2 Å². The van der Waals surface area contributed by atoms with E-state index in [1.165, 1.54) is 12.8 Å². The molecule has 0 spiro atoms. The van der Waals surface area contributed by atoms with Gasteiger partial charge in [0, 0.05) is 0 Å². The zero-order valence-corrected chi connectivity index (χ0v) is 7.94. The number of aromatic nitrogens is 2. The maximum Gasteiger partial charge on any atom is 0.187 e. The summed E-state index contributed by atoms with van der Waals surface area (Å²) in [5.41, 5.74) is 5.79. The number of nitrogens with two attached hydrogens (primary N) is 1. The van der Waals surface area contributed by atoms with Gasteiger partial charge in [0.15, 0.2) is 11.6 Å². The Balaban J connectivity index is 2.32. The molecule has 0 bridgehead atoms. The minimum absolute atomic E-state index is 0.0227. The Morgan fingerprint density at radius 1 is 1.38 bits per heavy atom. The first-order chi connectivity index (χ1) is 6.25. The molecule has 4 heteroatoms. The van der Waals surface area contributed by atoms with Crippen LogP contribution < -0.4 is 5.73 Å². The first-order valence-corrected chi connectivity index (χ1v) is 4.74. The summed E-state index contributed by atoms with van der Waals surface area (Å²) < 4.78 is 13.1. The van der Waals surface area contributed by atoms with E-state index in [2.05, 4.69) is 17.1 Å². The Bertz CT molecular complexity index is 257. The van der Waals surface area contributed by atoms with Crippen LogP contribution in [0.15, 0.2) is 0 Å². The van der Waals surface area contributed by atoms with Crippen molar-refractivity contribution < 1.29 is 4.39 Å². The molecule has 0 unspecified atom stereocenters. The van der Waals surface area contributed by atoms with Gasteiger partial charge in [0.25, 0.3) is 0 Å². The van der Waals surface area contributed by atoms with Gasteiger partial charge in [-0.05, 0) is 12.8 Å². The highest BCUT2D eigenvalue weighted by Gasteiger charge is 2.08. The van der Waals surface area contributed by atoms with Crippen molar-refractivity contribution in [2.45, 2.75) is 39.0 Å². The van der Waals surface area contributed by atoms with Crippen molar-refractivity contribution >= 4 is 5.82 Å². The van der Waals surface area contributed by atoms with Gasteiger partial charge in [-0.2, -0.15) is 5.10 Å². The molecule has 3 nitrogen and oxygen atoms in total. The maximum absolute atomic E-state index is 13.1. The zero-order valence-electron chi connectivity index (χ0n) is 7.94. The molecular weight excluding hydrogens is 169 g/mol. The summed E-state index contributed by atoms with van der Waals surface area (Å²) in [6.07, 6.45) is 5.22. The van der Waals surface area contributed by atoms with Crippen LogP contribution in [0.5, 0.6) is 0 Å². The fraction of sp³-hybridized carbons (Fsp3) is 0.667. The van der Waals surface area contributed by atoms with Crippen molar-refractivity contribution in [1.82, 2.24) is 10.2 Å². The number of nitrogen functional groups attached to an aromatic ring is 1. The topological polar surface area (TPSA) is 54.7 Å². The number of rotatable bonds is 5. The average molecular weight is 185 g/mol. The van der Waals surface area contributed by atoms with Gasteiger partial charge in [0.1, 0.15) is 0 Å². The molecular formula is C9H16FN3. The third-order valence-electron chi connectivity index (χ3n) is 2.08. The van der Waals surface area contributed by atoms with Gasteiger partial charge < -0.3 is 5.73 Å². The number of nitrogens with one attached hydrogen (secondary N) is 1. The first-order valence-electron chi connectivity index (χ1n) is 4.74. The van der Waals surface area contributed by atoms with E-state index in [1.807, 2.05) is 0 Å². The van der Waals surface area contributed by atoms with Crippen LogP contribution in [0.1, 0.15) is 38.3 Å². The molecule has 74 valence electrons. The number of aromatic amines is 1. The van der Waals surface area contributed by atoms with Gasteiger partial charge in [0.05, 0.1) is 5.69 Å². The van der Waals surface area contributed by atoms with Crippen LogP contribution in [0.2, 0.25) is 0 Å². The number of halogens is 1. The lowest BCUT2D eigenvalue weighted by atomic mass is 10.1. The van der Waals surface area contributed by atoms with E-state index in [-0.39, 0.29) is 11.6 Å². The predicted molar refractivity (Wildman–Crippen MR) is 50.8 cm³/mol. The Morgan fingerprint density at radius 2 is 2.15 bits per heavy atom. The van der Waals surface area contributed by atoms with E-state index in [1.54, 1.807) is 0 Å². The molecule has 1 rings (SSSR count). The van der Waals surface area contributed by atoms with Gasteiger partial charge in [0.2, 0.25) is 0 Å². The normalized spacial score (nSPS) is 10.6. The minimum atomic E-state index is -0.378. The quantitative estimate of drug-likeness (QED) is 0.691. The molecule has 0 saturated heterocycles. The fourth-order valence-electron chi connectivity index (χ4n) is 1.27. The second-order valence-electron chi connectivity index (χ2n) is 3.21. The van der Waals surface area contributed by atoms with E-state index in [0.717, 1.165) is 12.8 Å². The van der Waals surface area contributed by atoms with Crippen LogP contribution in [0.4, 0.5) is 10.2 Å². The van der Waals surface area contributed by atoms with Crippen molar-refractivity contribution in [3.63, 3.8) is 0 Å². The third-order valence-corrected chi connectivity index (χ3v) is 2.08. The Morgan fingerprint density at radius 3 is 2.69 bits per heavy atom. The molecule has 0 amide bonds. The molecule has 0 aliphatic heterocycles. The van der Waals surface area contributed by atoms with Gasteiger partial charge >= 0.3 is 0 Å². The van der Waals surface area contributed by atoms with Crippen LogP contribution >= 0.6 is 0 Å². The molecule has 1 aromatic heterocycles. The smallest absolute Gasteiger partial charge is 0.187 e. The van der Waals surface area contributed by atoms with Crippen molar-refractivity contribution in [3.05, 3.63) is 11.5 Å². The largest absolute Gasteiger partial charge is 0.380 e. The zero-order chi connectivity index (χ0) is 9.68. The fourth-order valence-corrected chi connectivity index (χ4v) is 1.27. The summed E-state index contributed by atoms with van der Waals surface area (Å²) in [5.74, 6) is -0.401. The molecule has 1 heterocycles. The van der Waals surface area contributed by atoms with Gasteiger partial charge in [-0.15, -0.1) is 0 Å². The van der Waals surface area contributed by atoms with E-state index in [9.17, 15) is 4.39 Å². The Kier molecular flexibility index (Phi) is 3.73. The number of hydrogen-bond donors (Lipinski definition) is 2. The number of hydrogen-bond acceptors (Lipinski definition) is 2. The van der Waals surface area contributed by atoms with Gasteiger partial charge in [-0.3, -0.25) is 5.10 Å². The molecule has 0 aromatic carbocycles. The number of anilines is 1. The van der Waals surface area contributed by atoms with E-state index < -0.39 is 0 Å². The summed E-state index contributed by atoms with van der Waals surface area (Å²) in [5, 5.41) is 6.19. The van der Waals surface area contributed by atoms with Crippen molar-refractivity contribution in [2.75, 3.05) is 5.73 Å². The van der Waals surface area contributed by atoms with Crippen LogP contribution in [0.25, 0.3) is 0 Å². The molecule has 13 heavy (non-hydrogen) atoms. The molecule has 0 radical (unpaired) electrons. The van der Waals surface area contributed by atoms with E-state index >= 15 is 0 Å². The van der Waals surface area contributed by atoms with E-state index in [4.69, 9.17) is 5.73 Å². The number of nitrogens with zero attached hydrogens (tertiary/aromatic N) is 1. The van der Waals surface area contributed by atoms with Crippen molar-refractivity contribution in [1.29, 1.82) is 0 Å². The minimum Gasteiger partial charge on any atom is -0.380 e. The SMILES string of the molecule is CCCCCCc1[nH]nc(N)c1F. The van der Waals surface area contributed by atoms with Crippen LogP contribution in [-0.2, 0) is 6.42 Å².